The van der Waals surface area contributed by atoms with Crippen LogP contribution in [-0.2, 0) is 17.4 Å². The first kappa shape index (κ1) is 23.1. The highest BCUT2D eigenvalue weighted by Crippen LogP contribution is 2.52. The molecule has 0 aromatic heterocycles. The standard InChI is InChI=1S/C21H29NO6P/c1-26-19-11-17(12-20(27-2)21(19)28-3)9-10-22-13-18(23)15-29(24,25)14-16-7-5-4-6-8-16/h4-8,11-12,22,24-25H,9-10,13-15H2,1-3H3/q+1. The molecule has 0 bridgehead atoms. The fourth-order valence-electron chi connectivity index (χ4n) is 3.01. The second kappa shape index (κ2) is 11.1. The van der Waals surface area contributed by atoms with Gasteiger partial charge in [-0.2, -0.15) is 0 Å². The Morgan fingerprint density at radius 1 is 0.966 bits per heavy atom. The summed E-state index contributed by atoms with van der Waals surface area (Å²) in [6, 6.07) is 12.9. The molecule has 3 N–H and O–H groups in total. The van der Waals surface area contributed by atoms with E-state index in [0.29, 0.717) is 30.2 Å². The van der Waals surface area contributed by atoms with Gasteiger partial charge in [-0.05, 0) is 36.2 Å². The van der Waals surface area contributed by atoms with Crippen molar-refractivity contribution in [1.82, 2.24) is 5.32 Å². The number of hydrogen-bond acceptors (Lipinski definition) is 7. The SMILES string of the molecule is COc1cc(CCNCC(=O)C[P+](O)(O)Cc2ccccc2)cc(OC)c1OC. The van der Waals surface area contributed by atoms with Gasteiger partial charge < -0.3 is 19.5 Å². The number of nitrogens with one attached hydrogen (secondary N) is 1. The Morgan fingerprint density at radius 2 is 1.59 bits per heavy atom. The number of methoxy groups -OCH3 is 3. The molecule has 0 aliphatic heterocycles. The number of carbonyl (C=O) groups excluding carboxylic acids is 1. The monoisotopic (exact) mass is 422 g/mol. The Bertz CT molecular complexity index is 772. The summed E-state index contributed by atoms with van der Waals surface area (Å²) < 4.78 is 16.0. The maximum absolute atomic E-state index is 12.1. The lowest BCUT2D eigenvalue weighted by molar-refractivity contribution is -0.116. The van der Waals surface area contributed by atoms with E-state index in [1.807, 2.05) is 42.5 Å². The third-order valence-electron chi connectivity index (χ3n) is 4.35. The van der Waals surface area contributed by atoms with E-state index >= 15 is 0 Å². The van der Waals surface area contributed by atoms with Gasteiger partial charge in [-0.1, -0.05) is 30.3 Å². The van der Waals surface area contributed by atoms with Crippen LogP contribution >= 0.6 is 7.72 Å². The van der Waals surface area contributed by atoms with E-state index in [1.165, 1.54) is 0 Å². The van der Waals surface area contributed by atoms with Crippen LogP contribution < -0.4 is 19.5 Å². The minimum absolute atomic E-state index is 0.0854. The highest BCUT2D eigenvalue weighted by Gasteiger charge is 2.36. The maximum Gasteiger partial charge on any atom is 0.279 e. The average molecular weight is 422 g/mol. The molecule has 8 heteroatoms. The van der Waals surface area contributed by atoms with Crippen molar-refractivity contribution in [2.24, 2.45) is 0 Å². The van der Waals surface area contributed by atoms with Crippen molar-refractivity contribution in [2.75, 3.05) is 40.6 Å². The number of ether oxygens (including phenoxy) is 3. The highest BCUT2D eigenvalue weighted by atomic mass is 31.2. The van der Waals surface area contributed by atoms with Crippen LogP contribution in [0.3, 0.4) is 0 Å². The van der Waals surface area contributed by atoms with E-state index in [0.717, 1.165) is 11.1 Å². The third-order valence-corrected chi connectivity index (χ3v) is 6.08. The number of hydrogen-bond donors (Lipinski definition) is 3. The second-order valence-corrected chi connectivity index (χ2v) is 9.07. The maximum atomic E-state index is 12.1. The molecule has 0 heterocycles. The van der Waals surface area contributed by atoms with Crippen LogP contribution in [0, 0.1) is 0 Å². The first-order valence-corrected chi connectivity index (χ1v) is 11.3. The minimum atomic E-state index is -3.29. The molecule has 2 aromatic rings. The molecule has 0 radical (unpaired) electrons. The Morgan fingerprint density at radius 3 is 2.14 bits per heavy atom. The van der Waals surface area contributed by atoms with Crippen LogP contribution in [0.15, 0.2) is 42.5 Å². The van der Waals surface area contributed by atoms with Crippen molar-refractivity contribution in [3.05, 3.63) is 53.6 Å². The molecule has 0 aliphatic carbocycles. The van der Waals surface area contributed by atoms with Gasteiger partial charge in [0.1, 0.15) is 6.16 Å². The van der Waals surface area contributed by atoms with Crippen molar-refractivity contribution in [3.8, 4) is 17.2 Å². The predicted octanol–water partition coefficient (Wildman–Crippen LogP) is 2.45. The van der Waals surface area contributed by atoms with Gasteiger partial charge in [0.05, 0.1) is 27.9 Å². The summed E-state index contributed by atoms with van der Waals surface area (Å²) in [5, 5.41) is 3.06. The molecule has 0 amide bonds. The van der Waals surface area contributed by atoms with Gasteiger partial charge in [-0.15, -0.1) is 0 Å². The van der Waals surface area contributed by atoms with Crippen LogP contribution in [0.25, 0.3) is 0 Å². The molecule has 2 rings (SSSR count). The normalized spacial score (nSPS) is 11.2. The minimum Gasteiger partial charge on any atom is -0.493 e. The zero-order valence-electron chi connectivity index (χ0n) is 17.1. The van der Waals surface area contributed by atoms with E-state index in [2.05, 4.69) is 5.32 Å². The van der Waals surface area contributed by atoms with Crippen molar-refractivity contribution in [3.63, 3.8) is 0 Å². The largest absolute Gasteiger partial charge is 0.493 e. The lowest BCUT2D eigenvalue weighted by Crippen LogP contribution is -2.28. The summed E-state index contributed by atoms with van der Waals surface area (Å²) in [7, 11) is 1.38. The summed E-state index contributed by atoms with van der Waals surface area (Å²) in [6.07, 6.45) is 0.538. The van der Waals surface area contributed by atoms with E-state index in [1.54, 1.807) is 21.3 Å². The predicted molar refractivity (Wildman–Crippen MR) is 114 cm³/mol. The Balaban J connectivity index is 1.82. The van der Waals surface area contributed by atoms with Crippen molar-refractivity contribution >= 4 is 13.5 Å². The van der Waals surface area contributed by atoms with Crippen LogP contribution in [0.2, 0.25) is 0 Å². The first-order valence-electron chi connectivity index (χ1n) is 9.26. The van der Waals surface area contributed by atoms with Gasteiger partial charge >= 0.3 is 0 Å². The quantitative estimate of drug-likeness (QED) is 0.357. The number of carbonyl (C=O) groups is 1. The number of benzene rings is 2. The zero-order valence-corrected chi connectivity index (χ0v) is 17.9. The molecule has 158 valence electrons. The van der Waals surface area contributed by atoms with Crippen molar-refractivity contribution in [2.45, 2.75) is 12.6 Å². The molecule has 0 saturated carbocycles. The van der Waals surface area contributed by atoms with Gasteiger partial charge in [0.25, 0.3) is 7.72 Å². The smallest absolute Gasteiger partial charge is 0.279 e. The molecule has 0 atom stereocenters. The number of Topliss-reactive ketones (excluding diaryl/α,β-unsaturated/α-hetero) is 1. The fourth-order valence-corrected chi connectivity index (χ4v) is 4.59. The van der Waals surface area contributed by atoms with Crippen LogP contribution in [0.4, 0.5) is 0 Å². The lowest BCUT2D eigenvalue weighted by Gasteiger charge is -2.14. The zero-order chi connectivity index (χ0) is 21.3. The summed E-state index contributed by atoms with van der Waals surface area (Å²) in [5.41, 5.74) is 1.78. The third kappa shape index (κ3) is 7.29. The van der Waals surface area contributed by atoms with Gasteiger partial charge in [0.2, 0.25) is 5.75 Å². The summed E-state index contributed by atoms with van der Waals surface area (Å²) >= 11 is 0. The molecule has 0 fully saturated rings. The van der Waals surface area contributed by atoms with Crippen molar-refractivity contribution < 1.29 is 28.8 Å². The molecule has 29 heavy (non-hydrogen) atoms. The van der Waals surface area contributed by atoms with Crippen molar-refractivity contribution in [1.29, 1.82) is 0 Å². The first-order chi connectivity index (χ1) is 13.9. The van der Waals surface area contributed by atoms with E-state index in [9.17, 15) is 14.6 Å². The Kier molecular flexibility index (Phi) is 8.86. The van der Waals surface area contributed by atoms with Crippen LogP contribution in [-0.4, -0.2) is 56.2 Å². The van der Waals surface area contributed by atoms with E-state index in [-0.39, 0.29) is 24.7 Å². The number of rotatable bonds is 12. The second-order valence-electron chi connectivity index (χ2n) is 6.68. The fraction of sp³-hybridized carbons (Fsp3) is 0.381. The number of ketones is 1. The van der Waals surface area contributed by atoms with E-state index < -0.39 is 7.72 Å². The highest BCUT2D eigenvalue weighted by molar-refractivity contribution is 7.64. The lowest BCUT2D eigenvalue weighted by atomic mass is 10.1. The summed E-state index contributed by atoms with van der Waals surface area (Å²) in [6.45, 7) is 0.632. The van der Waals surface area contributed by atoms with Gasteiger partial charge in [0.15, 0.2) is 23.4 Å². The average Bonchev–Trinajstić information content (AvgIpc) is 2.70. The summed E-state index contributed by atoms with van der Waals surface area (Å²) in [5.74, 6) is 1.47. The van der Waals surface area contributed by atoms with E-state index in [4.69, 9.17) is 14.2 Å². The molecule has 0 aliphatic rings. The van der Waals surface area contributed by atoms with Crippen LogP contribution in [0.1, 0.15) is 11.1 Å². The Labute approximate surface area is 172 Å². The molecular formula is C21H29NO6P+. The molecule has 0 saturated heterocycles. The Hall–Kier alpha value is -2.18. The van der Waals surface area contributed by atoms with Crippen LogP contribution in [0.5, 0.6) is 17.2 Å². The molecule has 0 unspecified atom stereocenters. The van der Waals surface area contributed by atoms with Gasteiger partial charge in [-0.3, -0.25) is 4.79 Å². The van der Waals surface area contributed by atoms with Gasteiger partial charge in [-0.25, -0.2) is 9.79 Å². The molecule has 7 nitrogen and oxygen atoms in total. The molecule has 2 aromatic carbocycles. The topological polar surface area (TPSA) is 97.3 Å². The van der Waals surface area contributed by atoms with Gasteiger partial charge in [0, 0.05) is 0 Å². The summed E-state index contributed by atoms with van der Waals surface area (Å²) in [4.78, 5) is 32.6. The molecule has 0 spiro atoms. The molecular weight excluding hydrogens is 393 g/mol.